The van der Waals surface area contributed by atoms with E-state index < -0.39 is 18.0 Å². The zero-order valence-corrected chi connectivity index (χ0v) is 12.6. The molecular weight excluding hydrogens is 314 g/mol. The molecule has 0 spiro atoms. The van der Waals surface area contributed by atoms with Crippen molar-refractivity contribution in [3.8, 4) is 5.75 Å². The molecule has 0 bridgehead atoms. The van der Waals surface area contributed by atoms with Crippen LogP contribution in [0.3, 0.4) is 0 Å². The van der Waals surface area contributed by atoms with E-state index in [1.165, 1.54) is 0 Å². The van der Waals surface area contributed by atoms with Crippen LogP contribution in [0.1, 0.15) is 12.8 Å². The van der Waals surface area contributed by atoms with E-state index in [2.05, 4.69) is 5.48 Å². The molecule has 0 aliphatic rings. The smallest absolute Gasteiger partial charge is 0.324 e. The molecule has 124 valence electrons. The SMILES string of the molecule is O=C(O)CC[C@H](NOc1ccc2oc3ccccc3c2c1)C(=O)O. The Balaban J connectivity index is 1.78. The largest absolute Gasteiger partial charge is 0.481 e. The van der Waals surface area contributed by atoms with E-state index in [0.29, 0.717) is 11.3 Å². The molecule has 0 radical (unpaired) electrons. The predicted octanol–water partition coefficient (Wildman–Crippen LogP) is 2.79. The molecule has 0 unspecified atom stereocenters. The van der Waals surface area contributed by atoms with Crippen molar-refractivity contribution in [2.75, 3.05) is 0 Å². The van der Waals surface area contributed by atoms with Crippen LogP contribution in [0.15, 0.2) is 46.9 Å². The summed E-state index contributed by atoms with van der Waals surface area (Å²) in [7, 11) is 0. The van der Waals surface area contributed by atoms with Gasteiger partial charge in [0.05, 0.1) is 0 Å². The van der Waals surface area contributed by atoms with Crippen molar-refractivity contribution in [2.24, 2.45) is 0 Å². The summed E-state index contributed by atoms with van der Waals surface area (Å²) in [5, 5.41) is 19.5. The first-order valence-corrected chi connectivity index (χ1v) is 7.33. The fourth-order valence-corrected chi connectivity index (χ4v) is 2.41. The van der Waals surface area contributed by atoms with Crippen molar-refractivity contribution >= 4 is 33.9 Å². The van der Waals surface area contributed by atoms with Gasteiger partial charge in [-0.15, -0.1) is 5.48 Å². The molecule has 0 saturated carbocycles. The van der Waals surface area contributed by atoms with Crippen LogP contribution < -0.4 is 10.3 Å². The highest BCUT2D eigenvalue weighted by atomic mass is 16.6. The molecule has 0 aliphatic heterocycles. The zero-order chi connectivity index (χ0) is 17.1. The van der Waals surface area contributed by atoms with Gasteiger partial charge >= 0.3 is 11.9 Å². The van der Waals surface area contributed by atoms with Gasteiger partial charge in [-0.05, 0) is 30.7 Å². The van der Waals surface area contributed by atoms with E-state index in [1.54, 1.807) is 18.2 Å². The van der Waals surface area contributed by atoms with Gasteiger partial charge in [-0.1, -0.05) is 18.2 Å². The average Bonchev–Trinajstić information content (AvgIpc) is 2.92. The second-order valence-corrected chi connectivity index (χ2v) is 5.30. The minimum atomic E-state index is -1.17. The Hall–Kier alpha value is -3.06. The average molecular weight is 329 g/mol. The molecule has 0 fully saturated rings. The number of furan rings is 1. The Kier molecular flexibility index (Phi) is 4.35. The molecule has 2 aromatic carbocycles. The van der Waals surface area contributed by atoms with Crippen LogP contribution in [-0.2, 0) is 9.59 Å². The zero-order valence-electron chi connectivity index (χ0n) is 12.6. The fourth-order valence-electron chi connectivity index (χ4n) is 2.41. The highest BCUT2D eigenvalue weighted by molar-refractivity contribution is 6.05. The number of fused-ring (bicyclic) bond motifs is 3. The molecule has 0 amide bonds. The van der Waals surface area contributed by atoms with Crippen LogP contribution >= 0.6 is 0 Å². The lowest BCUT2D eigenvalue weighted by Crippen LogP contribution is -2.39. The summed E-state index contributed by atoms with van der Waals surface area (Å²) in [6, 6.07) is 11.6. The molecule has 1 aromatic heterocycles. The quantitative estimate of drug-likeness (QED) is 0.572. The van der Waals surface area contributed by atoms with Gasteiger partial charge in [0.1, 0.15) is 23.0 Å². The fraction of sp³-hybridized carbons (Fsp3) is 0.176. The number of nitrogens with one attached hydrogen (secondary N) is 1. The lowest BCUT2D eigenvalue weighted by atomic mass is 10.1. The summed E-state index contributed by atoms with van der Waals surface area (Å²) in [5.41, 5.74) is 3.85. The maximum Gasteiger partial charge on any atom is 0.324 e. The van der Waals surface area contributed by atoms with Crippen LogP contribution in [0.25, 0.3) is 21.9 Å². The summed E-state index contributed by atoms with van der Waals surface area (Å²) in [6.07, 6.45) is -0.347. The van der Waals surface area contributed by atoms with Gasteiger partial charge in [0.25, 0.3) is 0 Å². The molecular formula is C17H15NO6. The Morgan fingerprint density at radius 2 is 1.83 bits per heavy atom. The molecule has 0 aliphatic carbocycles. The van der Waals surface area contributed by atoms with Gasteiger partial charge in [0.2, 0.25) is 0 Å². The molecule has 7 nitrogen and oxygen atoms in total. The van der Waals surface area contributed by atoms with Gasteiger partial charge < -0.3 is 19.5 Å². The molecule has 3 N–H and O–H groups in total. The van der Waals surface area contributed by atoms with Gasteiger partial charge in [-0.25, -0.2) is 0 Å². The van der Waals surface area contributed by atoms with E-state index >= 15 is 0 Å². The highest BCUT2D eigenvalue weighted by Crippen LogP contribution is 2.31. The summed E-state index contributed by atoms with van der Waals surface area (Å²) in [5.74, 6) is -1.82. The van der Waals surface area contributed by atoms with E-state index in [1.807, 2.05) is 24.3 Å². The lowest BCUT2D eigenvalue weighted by molar-refractivity contribution is -0.142. The number of carboxylic acid groups (broad SMARTS) is 2. The third-order valence-corrected chi connectivity index (χ3v) is 3.61. The first-order valence-electron chi connectivity index (χ1n) is 7.33. The normalized spacial score (nSPS) is 12.3. The standard InChI is InChI=1S/C17H15NO6/c19-16(20)8-6-13(17(21)22)18-24-10-5-7-15-12(9-10)11-3-1-2-4-14(11)23-15/h1-5,7,9,13,18H,6,8H2,(H,19,20)(H,21,22)/t13-/m0/s1. The maximum absolute atomic E-state index is 11.1. The van der Waals surface area contributed by atoms with Crippen molar-refractivity contribution in [2.45, 2.75) is 18.9 Å². The molecule has 3 rings (SSSR count). The third kappa shape index (κ3) is 3.31. The van der Waals surface area contributed by atoms with Gasteiger partial charge in [0, 0.05) is 17.2 Å². The summed E-state index contributed by atoms with van der Waals surface area (Å²) >= 11 is 0. The number of benzene rings is 2. The summed E-state index contributed by atoms with van der Waals surface area (Å²) in [4.78, 5) is 27.0. The van der Waals surface area contributed by atoms with Crippen molar-refractivity contribution in [1.82, 2.24) is 5.48 Å². The van der Waals surface area contributed by atoms with Crippen LogP contribution in [0.2, 0.25) is 0 Å². The number of carbonyl (C=O) groups is 2. The number of hydrogen-bond acceptors (Lipinski definition) is 5. The Morgan fingerprint density at radius 3 is 2.58 bits per heavy atom. The van der Waals surface area contributed by atoms with E-state index in [-0.39, 0.29) is 12.8 Å². The number of hydrogen-bond donors (Lipinski definition) is 3. The molecule has 3 aromatic rings. The van der Waals surface area contributed by atoms with Crippen LogP contribution in [-0.4, -0.2) is 28.2 Å². The van der Waals surface area contributed by atoms with E-state index in [4.69, 9.17) is 19.5 Å². The van der Waals surface area contributed by atoms with Crippen LogP contribution in [0, 0.1) is 0 Å². The molecule has 1 atom stereocenters. The maximum atomic E-state index is 11.1. The van der Waals surface area contributed by atoms with Crippen molar-refractivity contribution in [3.63, 3.8) is 0 Å². The molecule has 7 heteroatoms. The molecule has 24 heavy (non-hydrogen) atoms. The van der Waals surface area contributed by atoms with Gasteiger partial charge in [0.15, 0.2) is 0 Å². The minimum absolute atomic E-state index is 0.0818. The molecule has 0 saturated heterocycles. The first-order chi connectivity index (χ1) is 11.5. The Bertz CT molecular complexity index is 900. The van der Waals surface area contributed by atoms with Crippen LogP contribution in [0.4, 0.5) is 0 Å². The molecule has 1 heterocycles. The predicted molar refractivity (Wildman–Crippen MR) is 85.8 cm³/mol. The number of para-hydroxylation sites is 1. The Labute approximate surface area is 136 Å². The van der Waals surface area contributed by atoms with Crippen molar-refractivity contribution in [3.05, 3.63) is 42.5 Å². The number of carboxylic acids is 2. The topological polar surface area (TPSA) is 109 Å². The van der Waals surface area contributed by atoms with Gasteiger partial charge in [-0.2, -0.15) is 0 Å². The Morgan fingerprint density at radius 1 is 1.08 bits per heavy atom. The van der Waals surface area contributed by atoms with Crippen LogP contribution in [0.5, 0.6) is 5.75 Å². The van der Waals surface area contributed by atoms with E-state index in [9.17, 15) is 9.59 Å². The van der Waals surface area contributed by atoms with Crippen molar-refractivity contribution in [1.29, 1.82) is 0 Å². The second-order valence-electron chi connectivity index (χ2n) is 5.30. The lowest BCUT2D eigenvalue weighted by Gasteiger charge is -2.14. The number of hydroxylamine groups is 1. The second kappa shape index (κ2) is 6.59. The number of rotatable bonds is 7. The number of aliphatic carboxylic acids is 2. The first kappa shape index (κ1) is 15.8. The summed E-state index contributed by atoms with van der Waals surface area (Å²) in [6.45, 7) is 0. The monoisotopic (exact) mass is 329 g/mol. The third-order valence-electron chi connectivity index (χ3n) is 3.61. The van der Waals surface area contributed by atoms with E-state index in [0.717, 1.165) is 16.4 Å². The highest BCUT2D eigenvalue weighted by Gasteiger charge is 2.19. The van der Waals surface area contributed by atoms with Crippen molar-refractivity contribution < 1.29 is 29.1 Å². The minimum Gasteiger partial charge on any atom is -0.481 e. The van der Waals surface area contributed by atoms with Gasteiger partial charge in [-0.3, -0.25) is 9.59 Å². The summed E-state index contributed by atoms with van der Waals surface area (Å²) < 4.78 is 5.70.